The highest BCUT2D eigenvalue weighted by atomic mass is 32.1. The van der Waals surface area contributed by atoms with Crippen LogP contribution in [0.4, 0.5) is 13.2 Å². The quantitative estimate of drug-likeness (QED) is 0.948. The van der Waals surface area contributed by atoms with Crippen LogP contribution in [0.15, 0.2) is 24.4 Å². The highest BCUT2D eigenvalue weighted by molar-refractivity contribution is 7.13. The monoisotopic (exact) mass is 301 g/mol. The van der Waals surface area contributed by atoms with Crippen molar-refractivity contribution in [2.24, 2.45) is 0 Å². The van der Waals surface area contributed by atoms with Crippen LogP contribution in [0.25, 0.3) is 0 Å². The van der Waals surface area contributed by atoms with E-state index in [4.69, 9.17) is 0 Å². The van der Waals surface area contributed by atoms with Gasteiger partial charge in [0.1, 0.15) is 4.88 Å². The molecule has 20 heavy (non-hydrogen) atoms. The smallest absolute Gasteiger partial charge is 0.346 e. The van der Waals surface area contributed by atoms with Crippen LogP contribution in [0.3, 0.4) is 0 Å². The van der Waals surface area contributed by atoms with Gasteiger partial charge in [0, 0.05) is 6.20 Å². The second-order valence-electron chi connectivity index (χ2n) is 3.91. The summed E-state index contributed by atoms with van der Waals surface area (Å²) in [6.07, 6.45) is -3.10. The summed E-state index contributed by atoms with van der Waals surface area (Å²) in [5, 5.41) is 2.60. The highest BCUT2D eigenvalue weighted by Gasteiger charge is 2.39. The summed E-state index contributed by atoms with van der Waals surface area (Å²) in [6, 6.07) is 5.11. The molecule has 0 unspecified atom stereocenters. The van der Waals surface area contributed by atoms with E-state index in [-0.39, 0.29) is 11.6 Å². The van der Waals surface area contributed by atoms with Gasteiger partial charge in [-0.1, -0.05) is 6.07 Å². The number of rotatable bonds is 3. The van der Waals surface area contributed by atoms with Crippen molar-refractivity contribution in [3.63, 3.8) is 0 Å². The van der Waals surface area contributed by atoms with Gasteiger partial charge in [-0.2, -0.15) is 13.2 Å². The molecule has 2 rings (SSSR count). The molecule has 2 aromatic rings. The molecule has 0 aromatic carbocycles. The minimum absolute atomic E-state index is 0.0634. The van der Waals surface area contributed by atoms with E-state index in [1.165, 1.54) is 6.92 Å². The van der Waals surface area contributed by atoms with Crippen molar-refractivity contribution in [2.45, 2.75) is 19.6 Å². The molecule has 0 saturated heterocycles. The number of aryl methyl sites for hydroxylation is 1. The molecule has 0 bridgehead atoms. The Kier molecular flexibility index (Phi) is 4.03. The maximum absolute atomic E-state index is 12.7. The Morgan fingerprint density at radius 1 is 1.40 bits per heavy atom. The molecule has 0 spiro atoms. The number of hydrogen-bond donors (Lipinski definition) is 1. The average Bonchev–Trinajstić information content (AvgIpc) is 2.79. The largest absolute Gasteiger partial charge is 0.435 e. The minimum Gasteiger partial charge on any atom is -0.346 e. The third-order valence-electron chi connectivity index (χ3n) is 2.37. The number of halogens is 3. The first-order valence-corrected chi connectivity index (χ1v) is 6.42. The summed E-state index contributed by atoms with van der Waals surface area (Å²) in [4.78, 5) is 18.8. The van der Waals surface area contributed by atoms with Crippen molar-refractivity contribution >= 4 is 17.2 Å². The number of carbonyl (C=O) groups is 1. The molecule has 2 heterocycles. The zero-order chi connectivity index (χ0) is 14.8. The molecule has 0 aliphatic rings. The van der Waals surface area contributed by atoms with E-state index >= 15 is 0 Å². The number of nitrogens with one attached hydrogen (secondary N) is 1. The molecule has 106 valence electrons. The Labute approximate surface area is 116 Å². The minimum atomic E-state index is -4.64. The Hall–Kier alpha value is -1.96. The van der Waals surface area contributed by atoms with Gasteiger partial charge >= 0.3 is 6.18 Å². The van der Waals surface area contributed by atoms with Gasteiger partial charge in [-0.15, -0.1) is 11.3 Å². The molecule has 0 fully saturated rings. The molecular weight excluding hydrogens is 291 g/mol. The fraction of sp³-hybridized carbons (Fsp3) is 0.250. The second kappa shape index (κ2) is 5.58. The number of nitrogens with zero attached hydrogens (tertiary/aromatic N) is 2. The fourth-order valence-electron chi connectivity index (χ4n) is 1.53. The van der Waals surface area contributed by atoms with Crippen LogP contribution < -0.4 is 5.32 Å². The van der Waals surface area contributed by atoms with E-state index in [2.05, 4.69) is 15.3 Å². The third-order valence-corrected chi connectivity index (χ3v) is 3.33. The van der Waals surface area contributed by atoms with Crippen molar-refractivity contribution in [1.82, 2.24) is 15.3 Å². The normalized spacial score (nSPS) is 11.4. The van der Waals surface area contributed by atoms with Crippen LogP contribution in [0.5, 0.6) is 0 Å². The van der Waals surface area contributed by atoms with Crippen molar-refractivity contribution < 1.29 is 18.0 Å². The van der Waals surface area contributed by atoms with Crippen LogP contribution in [-0.4, -0.2) is 15.9 Å². The molecule has 2 aromatic heterocycles. The highest BCUT2D eigenvalue weighted by Crippen LogP contribution is 2.34. The van der Waals surface area contributed by atoms with E-state index in [9.17, 15) is 18.0 Å². The summed E-state index contributed by atoms with van der Waals surface area (Å²) in [7, 11) is 0. The summed E-state index contributed by atoms with van der Waals surface area (Å²) in [5.41, 5.74) is -0.575. The van der Waals surface area contributed by atoms with Gasteiger partial charge < -0.3 is 5.32 Å². The molecule has 0 saturated carbocycles. The summed E-state index contributed by atoms with van der Waals surface area (Å²) in [6.45, 7) is 1.49. The first-order valence-electron chi connectivity index (χ1n) is 5.60. The van der Waals surface area contributed by atoms with E-state index in [1.54, 1.807) is 24.4 Å². The molecular formula is C12H10F3N3OS. The topological polar surface area (TPSA) is 54.9 Å². The lowest BCUT2D eigenvalue weighted by atomic mass is 10.3. The van der Waals surface area contributed by atoms with Crippen molar-refractivity contribution in [3.8, 4) is 0 Å². The van der Waals surface area contributed by atoms with Crippen molar-refractivity contribution in [2.75, 3.05) is 0 Å². The average molecular weight is 301 g/mol. The van der Waals surface area contributed by atoms with E-state index in [1.807, 2.05) is 0 Å². The Balaban J connectivity index is 2.14. The number of hydrogen-bond acceptors (Lipinski definition) is 4. The number of amides is 1. The van der Waals surface area contributed by atoms with Crippen LogP contribution >= 0.6 is 11.3 Å². The Morgan fingerprint density at radius 3 is 2.75 bits per heavy atom. The zero-order valence-corrected chi connectivity index (χ0v) is 11.2. The second-order valence-corrected chi connectivity index (χ2v) is 5.12. The number of pyridine rings is 1. The van der Waals surface area contributed by atoms with Gasteiger partial charge in [0.15, 0.2) is 5.69 Å². The SMILES string of the molecule is Cc1nc(C(F)(F)F)c(C(=O)NCc2ccccn2)s1. The lowest BCUT2D eigenvalue weighted by Gasteiger charge is -2.07. The lowest BCUT2D eigenvalue weighted by Crippen LogP contribution is -2.25. The molecule has 1 N–H and O–H groups in total. The predicted molar refractivity (Wildman–Crippen MR) is 67.3 cm³/mol. The van der Waals surface area contributed by atoms with Gasteiger partial charge in [-0.3, -0.25) is 9.78 Å². The fourth-order valence-corrected chi connectivity index (χ4v) is 2.38. The van der Waals surface area contributed by atoms with Crippen LogP contribution in [-0.2, 0) is 12.7 Å². The maximum Gasteiger partial charge on any atom is 0.435 e. The molecule has 1 amide bonds. The Morgan fingerprint density at radius 2 is 2.15 bits per heavy atom. The summed E-state index contributed by atoms with van der Waals surface area (Å²) < 4.78 is 38.2. The summed E-state index contributed by atoms with van der Waals surface area (Å²) >= 11 is 0.721. The van der Waals surface area contributed by atoms with Gasteiger partial charge in [-0.25, -0.2) is 4.98 Å². The molecule has 0 aliphatic heterocycles. The standard InChI is InChI=1S/C12H10F3N3OS/c1-7-18-10(12(13,14)15)9(20-7)11(19)17-6-8-4-2-3-5-16-8/h2-5H,6H2,1H3,(H,17,19). The number of thiazole rings is 1. The summed E-state index contributed by atoms with van der Waals surface area (Å²) in [5.74, 6) is -0.798. The molecule has 0 radical (unpaired) electrons. The molecule has 8 heteroatoms. The van der Waals surface area contributed by atoms with Gasteiger partial charge in [0.05, 0.1) is 17.2 Å². The van der Waals surface area contributed by atoms with Crippen LogP contribution in [0.1, 0.15) is 26.1 Å². The molecule has 4 nitrogen and oxygen atoms in total. The zero-order valence-electron chi connectivity index (χ0n) is 10.4. The predicted octanol–water partition coefficient (Wildman–Crippen LogP) is 2.80. The molecule has 0 atom stereocenters. The first-order chi connectivity index (χ1) is 9.38. The Bertz CT molecular complexity index is 610. The van der Waals surface area contributed by atoms with Gasteiger partial charge in [-0.05, 0) is 19.1 Å². The van der Waals surface area contributed by atoms with Crippen LogP contribution in [0, 0.1) is 6.92 Å². The number of carbonyl (C=O) groups excluding carboxylic acids is 1. The maximum atomic E-state index is 12.7. The third kappa shape index (κ3) is 3.32. The number of aromatic nitrogens is 2. The first kappa shape index (κ1) is 14.4. The van der Waals surface area contributed by atoms with E-state index < -0.39 is 22.7 Å². The van der Waals surface area contributed by atoms with Gasteiger partial charge in [0.2, 0.25) is 0 Å². The lowest BCUT2D eigenvalue weighted by molar-refractivity contribution is -0.141. The van der Waals surface area contributed by atoms with Crippen molar-refractivity contribution in [1.29, 1.82) is 0 Å². The number of alkyl halides is 3. The van der Waals surface area contributed by atoms with E-state index in [0.717, 1.165) is 11.3 Å². The van der Waals surface area contributed by atoms with Crippen LogP contribution in [0.2, 0.25) is 0 Å². The molecule has 0 aliphatic carbocycles. The van der Waals surface area contributed by atoms with E-state index in [0.29, 0.717) is 5.69 Å². The van der Waals surface area contributed by atoms with Gasteiger partial charge in [0.25, 0.3) is 5.91 Å². The van der Waals surface area contributed by atoms with Crippen molar-refractivity contribution in [3.05, 3.63) is 45.7 Å².